The molecule has 0 amide bonds. The van der Waals surface area contributed by atoms with Crippen LogP contribution in [0.5, 0.6) is 5.75 Å². The second-order valence-corrected chi connectivity index (χ2v) is 3.83. The van der Waals surface area contributed by atoms with Crippen LogP contribution in [0, 0.1) is 0 Å². The zero-order valence-corrected chi connectivity index (χ0v) is 10.7. The number of carbonyl (C=O) groups excluding carboxylic acids is 1. The summed E-state index contributed by atoms with van der Waals surface area (Å²) in [6.45, 7) is 0.424. The van der Waals surface area contributed by atoms with Crippen LogP contribution >= 0.6 is 0 Å². The van der Waals surface area contributed by atoms with E-state index in [1.54, 1.807) is 19.2 Å². The van der Waals surface area contributed by atoms with Crippen molar-refractivity contribution in [3.05, 3.63) is 35.9 Å². The quantitative estimate of drug-likeness (QED) is 0.644. The number of hydrogen-bond acceptors (Lipinski definition) is 6. The van der Waals surface area contributed by atoms with Gasteiger partial charge in [0.1, 0.15) is 12.1 Å². The van der Waals surface area contributed by atoms with Crippen molar-refractivity contribution >= 4 is 11.7 Å². The van der Waals surface area contributed by atoms with Crippen LogP contribution in [0.3, 0.4) is 0 Å². The Morgan fingerprint density at radius 3 is 2.89 bits per heavy atom. The van der Waals surface area contributed by atoms with Crippen molar-refractivity contribution < 1.29 is 14.3 Å². The van der Waals surface area contributed by atoms with E-state index in [0.717, 1.165) is 5.56 Å². The van der Waals surface area contributed by atoms with Gasteiger partial charge in [0.05, 0.1) is 20.8 Å². The summed E-state index contributed by atoms with van der Waals surface area (Å²) in [5.74, 6) is 0.120. The molecule has 2 N–H and O–H groups in total. The number of nitrogens with two attached hydrogens (primary N) is 1. The minimum absolute atomic E-state index is 0.0249. The molecule has 0 bridgehead atoms. The molecule has 7 heteroatoms. The highest BCUT2D eigenvalue weighted by Gasteiger charge is 2.12. The number of benzene rings is 1. The van der Waals surface area contributed by atoms with Gasteiger partial charge < -0.3 is 15.2 Å². The number of aromatic nitrogens is 3. The van der Waals surface area contributed by atoms with Crippen LogP contribution in [0.2, 0.25) is 0 Å². The van der Waals surface area contributed by atoms with Gasteiger partial charge in [0.15, 0.2) is 0 Å². The molecule has 0 saturated carbocycles. The summed E-state index contributed by atoms with van der Waals surface area (Å²) < 4.78 is 11.3. The number of ether oxygens (including phenoxy) is 2. The number of rotatable bonds is 4. The van der Waals surface area contributed by atoms with Crippen LogP contribution in [0.4, 0.5) is 5.69 Å². The molecule has 7 nitrogen and oxygen atoms in total. The van der Waals surface area contributed by atoms with Crippen molar-refractivity contribution in [1.82, 2.24) is 14.8 Å². The van der Waals surface area contributed by atoms with E-state index in [2.05, 4.69) is 14.8 Å². The Labute approximate surface area is 110 Å². The molecule has 0 aliphatic carbocycles. The fourth-order valence-electron chi connectivity index (χ4n) is 1.62. The Kier molecular flexibility index (Phi) is 3.65. The fraction of sp³-hybridized carbons (Fsp3) is 0.250. The number of carbonyl (C=O) groups is 1. The molecule has 1 heterocycles. The largest absolute Gasteiger partial charge is 0.496 e. The molecule has 0 spiro atoms. The van der Waals surface area contributed by atoms with Gasteiger partial charge in [0.2, 0.25) is 0 Å². The Balaban J connectivity index is 2.21. The standard InChI is InChI=1S/C12H14N4O3/c1-18-10-5-9(13)4-3-8(10)6-16-7-14-11(15-16)12(17)19-2/h3-5,7H,6,13H2,1-2H3. The summed E-state index contributed by atoms with van der Waals surface area (Å²) in [7, 11) is 2.85. The third-order valence-corrected chi connectivity index (χ3v) is 2.55. The van der Waals surface area contributed by atoms with Gasteiger partial charge in [-0.25, -0.2) is 14.5 Å². The molecule has 0 aliphatic heterocycles. The summed E-state index contributed by atoms with van der Waals surface area (Å²) in [5, 5.41) is 4.02. The minimum atomic E-state index is -0.567. The smallest absolute Gasteiger partial charge is 0.377 e. The molecular weight excluding hydrogens is 248 g/mol. The Bertz CT molecular complexity index is 594. The molecule has 1 aromatic heterocycles. The van der Waals surface area contributed by atoms with Crippen LogP contribution in [0.1, 0.15) is 16.2 Å². The lowest BCUT2D eigenvalue weighted by molar-refractivity contribution is 0.0586. The number of esters is 1. The van der Waals surface area contributed by atoms with Crippen molar-refractivity contribution in [2.45, 2.75) is 6.54 Å². The molecule has 0 saturated heterocycles. The first-order valence-electron chi connectivity index (χ1n) is 5.54. The third kappa shape index (κ3) is 2.82. The van der Waals surface area contributed by atoms with E-state index in [1.165, 1.54) is 18.1 Å². The summed E-state index contributed by atoms with van der Waals surface area (Å²) in [5.41, 5.74) is 7.19. The van der Waals surface area contributed by atoms with E-state index in [0.29, 0.717) is 18.0 Å². The SMILES string of the molecule is COC(=O)c1ncn(Cc2ccc(N)cc2OC)n1. The van der Waals surface area contributed by atoms with Crippen molar-refractivity contribution in [2.75, 3.05) is 20.0 Å². The van der Waals surface area contributed by atoms with E-state index in [4.69, 9.17) is 10.5 Å². The molecule has 1 aromatic carbocycles. The van der Waals surface area contributed by atoms with Gasteiger partial charge in [-0.15, -0.1) is 5.10 Å². The molecule has 19 heavy (non-hydrogen) atoms. The average Bonchev–Trinajstić information content (AvgIpc) is 2.88. The van der Waals surface area contributed by atoms with Crippen LogP contribution in [0.15, 0.2) is 24.5 Å². The number of anilines is 1. The molecule has 2 aromatic rings. The lowest BCUT2D eigenvalue weighted by atomic mass is 10.2. The van der Waals surface area contributed by atoms with Crippen LogP contribution in [-0.4, -0.2) is 35.0 Å². The highest BCUT2D eigenvalue weighted by molar-refractivity contribution is 5.84. The first-order valence-corrected chi connectivity index (χ1v) is 5.54. The van der Waals surface area contributed by atoms with E-state index in [1.807, 2.05) is 6.07 Å². The molecule has 0 fully saturated rings. The summed E-state index contributed by atoms with van der Waals surface area (Å²) in [6, 6.07) is 5.34. The second-order valence-electron chi connectivity index (χ2n) is 3.83. The van der Waals surface area contributed by atoms with Gasteiger partial charge in [0, 0.05) is 17.3 Å². The molecule has 0 aliphatic rings. The van der Waals surface area contributed by atoms with Crippen molar-refractivity contribution in [1.29, 1.82) is 0 Å². The van der Waals surface area contributed by atoms with Crippen LogP contribution in [-0.2, 0) is 11.3 Å². The number of nitrogens with zero attached hydrogens (tertiary/aromatic N) is 3. The lowest BCUT2D eigenvalue weighted by Crippen LogP contribution is -2.07. The maximum absolute atomic E-state index is 11.2. The van der Waals surface area contributed by atoms with Crippen LogP contribution in [0.25, 0.3) is 0 Å². The Hall–Kier alpha value is -2.57. The van der Waals surface area contributed by atoms with Gasteiger partial charge in [-0.1, -0.05) is 6.07 Å². The molecule has 0 radical (unpaired) electrons. The van der Waals surface area contributed by atoms with Gasteiger partial charge in [-0.2, -0.15) is 0 Å². The second kappa shape index (κ2) is 5.38. The third-order valence-electron chi connectivity index (χ3n) is 2.55. The zero-order chi connectivity index (χ0) is 13.8. The van der Waals surface area contributed by atoms with E-state index >= 15 is 0 Å². The first kappa shape index (κ1) is 12.9. The Morgan fingerprint density at radius 1 is 1.42 bits per heavy atom. The number of methoxy groups -OCH3 is 2. The monoisotopic (exact) mass is 262 g/mol. The van der Waals surface area contributed by atoms with Gasteiger partial charge in [0.25, 0.3) is 5.82 Å². The highest BCUT2D eigenvalue weighted by atomic mass is 16.5. The number of hydrogen-bond donors (Lipinski definition) is 1. The maximum atomic E-state index is 11.2. The topological polar surface area (TPSA) is 92.3 Å². The van der Waals surface area contributed by atoms with E-state index in [-0.39, 0.29) is 5.82 Å². The Morgan fingerprint density at radius 2 is 2.21 bits per heavy atom. The first-order chi connectivity index (χ1) is 9.13. The van der Waals surface area contributed by atoms with Gasteiger partial charge in [-0.3, -0.25) is 0 Å². The fourth-order valence-corrected chi connectivity index (χ4v) is 1.62. The normalized spacial score (nSPS) is 10.2. The average molecular weight is 262 g/mol. The van der Waals surface area contributed by atoms with E-state index < -0.39 is 5.97 Å². The molecule has 2 rings (SSSR count). The molecule has 0 atom stereocenters. The number of nitrogen functional groups attached to an aromatic ring is 1. The van der Waals surface area contributed by atoms with E-state index in [9.17, 15) is 4.79 Å². The van der Waals surface area contributed by atoms with Crippen molar-refractivity contribution in [3.63, 3.8) is 0 Å². The molecule has 0 unspecified atom stereocenters. The van der Waals surface area contributed by atoms with Gasteiger partial charge in [-0.05, 0) is 6.07 Å². The molecular formula is C12H14N4O3. The van der Waals surface area contributed by atoms with Crippen molar-refractivity contribution in [3.8, 4) is 5.75 Å². The predicted molar refractivity (Wildman–Crippen MR) is 67.9 cm³/mol. The van der Waals surface area contributed by atoms with Crippen LogP contribution < -0.4 is 10.5 Å². The maximum Gasteiger partial charge on any atom is 0.377 e. The minimum Gasteiger partial charge on any atom is -0.496 e. The summed E-state index contributed by atoms with van der Waals surface area (Å²) in [6.07, 6.45) is 1.46. The predicted octanol–water partition coefficient (Wildman–Crippen LogP) is 0.704. The lowest BCUT2D eigenvalue weighted by Gasteiger charge is -2.08. The highest BCUT2D eigenvalue weighted by Crippen LogP contribution is 2.22. The van der Waals surface area contributed by atoms with Gasteiger partial charge >= 0.3 is 5.97 Å². The zero-order valence-electron chi connectivity index (χ0n) is 10.7. The summed E-state index contributed by atoms with van der Waals surface area (Å²) >= 11 is 0. The molecule has 100 valence electrons. The summed E-state index contributed by atoms with van der Waals surface area (Å²) in [4.78, 5) is 15.1. The van der Waals surface area contributed by atoms with Crippen molar-refractivity contribution in [2.24, 2.45) is 0 Å².